The Kier molecular flexibility index (Phi) is 8.17. The molecule has 1 fully saturated rings. The molecule has 0 saturated heterocycles. The summed E-state index contributed by atoms with van der Waals surface area (Å²) in [5.74, 6) is 2.69. The number of nitrogens with zero attached hydrogens (tertiary/aromatic N) is 3. The van der Waals surface area contributed by atoms with Gasteiger partial charge in [-0.2, -0.15) is 0 Å². The number of anilines is 1. The maximum Gasteiger partial charge on any atom is 0.237 e. The number of rotatable bonds is 9. The predicted molar refractivity (Wildman–Crippen MR) is 138 cm³/mol. The number of carbonyl (C=O) groups excluding carboxylic acids is 1. The van der Waals surface area contributed by atoms with Crippen LogP contribution in [0.1, 0.15) is 45.1 Å². The van der Waals surface area contributed by atoms with Crippen LogP contribution >= 0.6 is 11.8 Å². The Balaban J connectivity index is 1.58. The molecule has 0 spiro atoms. The maximum absolute atomic E-state index is 13.1. The molecular formula is C26H32N4O4S. The first-order valence-electron chi connectivity index (χ1n) is 11.8. The average molecular weight is 497 g/mol. The van der Waals surface area contributed by atoms with Crippen LogP contribution in [-0.4, -0.2) is 47.3 Å². The molecule has 1 saturated carbocycles. The fraction of sp³-hybridized carbons (Fsp3) is 0.423. The van der Waals surface area contributed by atoms with Crippen molar-refractivity contribution in [3.8, 4) is 28.6 Å². The van der Waals surface area contributed by atoms with Crippen molar-refractivity contribution in [2.45, 2.75) is 55.5 Å². The molecule has 0 radical (unpaired) electrons. The Bertz CT molecular complexity index is 1140. The lowest BCUT2D eigenvalue weighted by Crippen LogP contribution is -2.24. The van der Waals surface area contributed by atoms with Gasteiger partial charge in [0.15, 0.2) is 11.0 Å². The van der Waals surface area contributed by atoms with Crippen molar-refractivity contribution < 1.29 is 19.0 Å². The molecule has 0 aliphatic heterocycles. The first kappa shape index (κ1) is 24.9. The summed E-state index contributed by atoms with van der Waals surface area (Å²) in [4.78, 5) is 13.1. The third-order valence-corrected chi connectivity index (χ3v) is 7.33. The molecule has 1 aliphatic rings. The summed E-state index contributed by atoms with van der Waals surface area (Å²) < 4.78 is 18.2. The molecule has 1 N–H and O–H groups in total. The van der Waals surface area contributed by atoms with Gasteiger partial charge in [-0.1, -0.05) is 31.0 Å². The van der Waals surface area contributed by atoms with Gasteiger partial charge in [0.2, 0.25) is 5.91 Å². The van der Waals surface area contributed by atoms with Crippen LogP contribution in [-0.2, 0) is 4.79 Å². The van der Waals surface area contributed by atoms with Gasteiger partial charge in [-0.3, -0.25) is 9.36 Å². The monoisotopic (exact) mass is 496 g/mol. The number of amides is 1. The molecule has 9 heteroatoms. The topological polar surface area (TPSA) is 87.5 Å². The quantitative estimate of drug-likeness (QED) is 0.386. The molecular weight excluding hydrogens is 464 g/mol. The van der Waals surface area contributed by atoms with Gasteiger partial charge in [-0.05, 0) is 56.2 Å². The molecule has 8 nitrogen and oxygen atoms in total. The van der Waals surface area contributed by atoms with Crippen LogP contribution in [0.5, 0.6) is 17.2 Å². The molecule has 1 atom stereocenters. The average Bonchev–Trinajstić information content (AvgIpc) is 3.32. The van der Waals surface area contributed by atoms with E-state index in [1.54, 1.807) is 39.5 Å². The standard InChI is InChI=1S/C26H32N4O4S/c1-17(25(31)27-22-16-21(33-3)14-15-23(22)34-4)35-26-29-28-24(18-10-12-20(32-2)13-11-18)30(26)19-8-6-5-7-9-19/h10-17,19H,5-9H2,1-4H3,(H,27,31). The summed E-state index contributed by atoms with van der Waals surface area (Å²) in [6.45, 7) is 1.87. The van der Waals surface area contributed by atoms with Gasteiger partial charge < -0.3 is 19.5 Å². The van der Waals surface area contributed by atoms with E-state index in [0.29, 0.717) is 23.2 Å². The summed E-state index contributed by atoms with van der Waals surface area (Å²) in [7, 11) is 4.81. The highest BCUT2D eigenvalue weighted by Gasteiger charge is 2.27. The molecule has 1 unspecified atom stereocenters. The van der Waals surface area contributed by atoms with Crippen LogP contribution in [0.15, 0.2) is 47.6 Å². The SMILES string of the molecule is COc1ccc(-c2nnc(SC(C)C(=O)Nc3cc(OC)ccc3OC)n2C2CCCCC2)cc1. The van der Waals surface area contributed by atoms with Gasteiger partial charge in [0.1, 0.15) is 17.2 Å². The van der Waals surface area contributed by atoms with Crippen LogP contribution in [0.2, 0.25) is 0 Å². The molecule has 1 amide bonds. The number of methoxy groups -OCH3 is 3. The van der Waals surface area contributed by atoms with E-state index >= 15 is 0 Å². The Morgan fingerprint density at radius 2 is 1.66 bits per heavy atom. The molecule has 0 bridgehead atoms. The molecule has 1 aromatic heterocycles. The lowest BCUT2D eigenvalue weighted by Gasteiger charge is -2.26. The Morgan fingerprint density at radius 3 is 2.31 bits per heavy atom. The molecule has 1 aliphatic carbocycles. The van der Waals surface area contributed by atoms with Crippen LogP contribution in [0.25, 0.3) is 11.4 Å². The van der Waals surface area contributed by atoms with Crippen molar-refractivity contribution in [1.82, 2.24) is 14.8 Å². The van der Waals surface area contributed by atoms with Gasteiger partial charge in [0.05, 0.1) is 32.3 Å². The third-order valence-electron chi connectivity index (χ3n) is 6.27. The summed E-state index contributed by atoms with van der Waals surface area (Å²) in [5.41, 5.74) is 1.55. The number of thioether (sulfide) groups is 1. The number of ether oxygens (including phenoxy) is 3. The van der Waals surface area contributed by atoms with Crippen LogP contribution in [0.4, 0.5) is 5.69 Å². The minimum atomic E-state index is -0.402. The van der Waals surface area contributed by atoms with E-state index in [9.17, 15) is 4.79 Å². The Hall–Kier alpha value is -3.20. The minimum Gasteiger partial charge on any atom is -0.497 e. The van der Waals surface area contributed by atoms with Crippen LogP contribution in [0.3, 0.4) is 0 Å². The first-order valence-corrected chi connectivity index (χ1v) is 12.7. The summed E-state index contributed by atoms with van der Waals surface area (Å²) in [6.07, 6.45) is 5.77. The van der Waals surface area contributed by atoms with E-state index in [-0.39, 0.29) is 5.91 Å². The van der Waals surface area contributed by atoms with Crippen LogP contribution in [0, 0.1) is 0 Å². The zero-order valence-corrected chi connectivity index (χ0v) is 21.4. The zero-order valence-electron chi connectivity index (χ0n) is 20.6. The number of aromatic nitrogens is 3. The van der Waals surface area contributed by atoms with E-state index < -0.39 is 5.25 Å². The highest BCUT2D eigenvalue weighted by molar-refractivity contribution is 8.00. The van der Waals surface area contributed by atoms with Crippen molar-refractivity contribution in [3.05, 3.63) is 42.5 Å². The minimum absolute atomic E-state index is 0.147. The molecule has 186 valence electrons. The zero-order chi connectivity index (χ0) is 24.8. The third kappa shape index (κ3) is 5.73. The van der Waals surface area contributed by atoms with Gasteiger partial charge in [0, 0.05) is 17.7 Å². The second kappa shape index (κ2) is 11.5. The van der Waals surface area contributed by atoms with E-state index in [4.69, 9.17) is 14.2 Å². The Labute approximate surface area is 210 Å². The summed E-state index contributed by atoms with van der Waals surface area (Å²) >= 11 is 1.42. The largest absolute Gasteiger partial charge is 0.497 e. The van der Waals surface area contributed by atoms with E-state index in [2.05, 4.69) is 20.1 Å². The summed E-state index contributed by atoms with van der Waals surface area (Å²) in [6, 6.07) is 13.5. The van der Waals surface area contributed by atoms with E-state index in [1.165, 1.54) is 31.0 Å². The number of nitrogens with one attached hydrogen (secondary N) is 1. The highest BCUT2D eigenvalue weighted by Crippen LogP contribution is 2.37. The Morgan fingerprint density at radius 1 is 0.971 bits per heavy atom. The first-order chi connectivity index (χ1) is 17.0. The van der Waals surface area contributed by atoms with Crippen molar-refractivity contribution in [2.75, 3.05) is 26.6 Å². The maximum atomic E-state index is 13.1. The van der Waals surface area contributed by atoms with Crippen molar-refractivity contribution in [1.29, 1.82) is 0 Å². The number of hydrogen-bond donors (Lipinski definition) is 1. The van der Waals surface area contributed by atoms with E-state index in [1.807, 2.05) is 31.2 Å². The van der Waals surface area contributed by atoms with Gasteiger partial charge in [0.25, 0.3) is 0 Å². The number of hydrogen-bond acceptors (Lipinski definition) is 7. The molecule has 4 rings (SSSR count). The lowest BCUT2D eigenvalue weighted by atomic mass is 9.95. The second-order valence-electron chi connectivity index (χ2n) is 8.51. The van der Waals surface area contributed by atoms with Crippen LogP contribution < -0.4 is 19.5 Å². The fourth-order valence-corrected chi connectivity index (χ4v) is 5.24. The molecule has 35 heavy (non-hydrogen) atoms. The van der Waals surface area contributed by atoms with Crippen molar-refractivity contribution >= 4 is 23.4 Å². The molecule has 1 heterocycles. The smallest absolute Gasteiger partial charge is 0.237 e. The predicted octanol–water partition coefficient (Wildman–Crippen LogP) is 5.60. The van der Waals surface area contributed by atoms with E-state index in [0.717, 1.165) is 35.1 Å². The molecule has 2 aromatic carbocycles. The van der Waals surface area contributed by atoms with Gasteiger partial charge in [-0.15, -0.1) is 10.2 Å². The summed E-state index contributed by atoms with van der Waals surface area (Å²) in [5, 5.41) is 12.4. The van der Waals surface area contributed by atoms with Crippen molar-refractivity contribution in [3.63, 3.8) is 0 Å². The normalized spacial score (nSPS) is 14.9. The van der Waals surface area contributed by atoms with Crippen molar-refractivity contribution in [2.24, 2.45) is 0 Å². The fourth-order valence-electron chi connectivity index (χ4n) is 4.32. The number of benzene rings is 2. The van der Waals surface area contributed by atoms with Gasteiger partial charge >= 0.3 is 0 Å². The molecule has 3 aromatic rings. The second-order valence-corrected chi connectivity index (χ2v) is 9.82. The highest BCUT2D eigenvalue weighted by atomic mass is 32.2. The lowest BCUT2D eigenvalue weighted by molar-refractivity contribution is -0.115. The number of carbonyl (C=O) groups is 1. The van der Waals surface area contributed by atoms with Gasteiger partial charge in [-0.25, -0.2) is 0 Å².